The predicted octanol–water partition coefficient (Wildman–Crippen LogP) is 4.08. The third kappa shape index (κ3) is 5.00. The second-order valence-electron chi connectivity index (χ2n) is 7.14. The van der Waals surface area contributed by atoms with Crippen LogP contribution in [0.5, 0.6) is 11.5 Å². The molecule has 0 amide bonds. The molecule has 0 aliphatic carbocycles. The van der Waals surface area contributed by atoms with Gasteiger partial charge in [-0.1, -0.05) is 20.3 Å². The summed E-state index contributed by atoms with van der Waals surface area (Å²) >= 11 is 0. The van der Waals surface area contributed by atoms with Gasteiger partial charge in [-0.05, 0) is 43.0 Å². The van der Waals surface area contributed by atoms with Gasteiger partial charge in [0.25, 0.3) is 0 Å². The lowest BCUT2D eigenvalue weighted by Gasteiger charge is -2.16. The Morgan fingerprint density at radius 3 is 2.63 bits per heavy atom. The van der Waals surface area contributed by atoms with Crippen LogP contribution in [0.15, 0.2) is 24.4 Å². The van der Waals surface area contributed by atoms with Crippen molar-refractivity contribution in [1.29, 1.82) is 0 Å². The number of nitrogens with one attached hydrogen (secondary N) is 1. The van der Waals surface area contributed by atoms with Gasteiger partial charge < -0.3 is 26.3 Å². The molecule has 0 radical (unpaired) electrons. The van der Waals surface area contributed by atoms with Crippen LogP contribution in [-0.2, 0) is 6.54 Å². The van der Waals surface area contributed by atoms with E-state index in [4.69, 9.17) is 20.9 Å². The zero-order valence-electron chi connectivity index (χ0n) is 17.9. The second-order valence-corrected chi connectivity index (χ2v) is 7.14. The fraction of sp³-hybridized carbons (Fsp3) is 0.409. The van der Waals surface area contributed by atoms with Gasteiger partial charge in [-0.15, -0.1) is 0 Å². The van der Waals surface area contributed by atoms with E-state index in [9.17, 15) is 0 Å². The van der Waals surface area contributed by atoms with Crippen molar-refractivity contribution in [3.8, 4) is 11.5 Å². The monoisotopic (exact) mass is 410 g/mol. The van der Waals surface area contributed by atoms with Crippen molar-refractivity contribution in [2.45, 2.75) is 46.6 Å². The lowest BCUT2D eigenvalue weighted by Crippen LogP contribution is -2.08. The molecule has 2 heterocycles. The van der Waals surface area contributed by atoms with Crippen LogP contribution in [0.3, 0.4) is 0 Å². The summed E-state index contributed by atoms with van der Waals surface area (Å²) in [6.07, 6.45) is 4.82. The van der Waals surface area contributed by atoms with Gasteiger partial charge in [0.15, 0.2) is 5.65 Å². The molecule has 0 aliphatic heterocycles. The second kappa shape index (κ2) is 9.96. The number of ether oxygens (including phenoxy) is 2. The molecule has 3 rings (SSSR count). The number of unbranched alkanes of at least 4 members (excludes halogenated alkanes) is 1. The molecule has 0 saturated heterocycles. The van der Waals surface area contributed by atoms with Gasteiger partial charge >= 0.3 is 0 Å². The molecule has 0 bridgehead atoms. The van der Waals surface area contributed by atoms with Crippen molar-refractivity contribution in [2.24, 2.45) is 0 Å². The van der Waals surface area contributed by atoms with Crippen molar-refractivity contribution in [3.05, 3.63) is 35.5 Å². The number of hydrogen-bond acceptors (Lipinski definition) is 8. The SMILES string of the molecule is CCCCOc1ccc(OCCC)cc1NCc1cnc2nc(N)nc(N)c2c1C. The molecule has 0 unspecified atom stereocenters. The molecule has 8 nitrogen and oxygen atoms in total. The molecule has 8 heteroatoms. The standard InChI is InChI=1S/C22H30N6O2/c1-4-6-10-30-18-8-7-16(29-9-5-2)11-17(18)25-12-15-13-26-21-19(14(15)3)20(23)27-22(24)28-21/h7-8,11,13,25H,4-6,9-10,12H2,1-3H3,(H4,23,24,26,27,28). The van der Waals surface area contributed by atoms with Gasteiger partial charge in [-0.2, -0.15) is 9.97 Å². The Labute approximate surface area is 177 Å². The molecule has 0 spiro atoms. The molecule has 160 valence electrons. The smallest absolute Gasteiger partial charge is 0.224 e. The summed E-state index contributed by atoms with van der Waals surface area (Å²) in [5.41, 5.74) is 15.1. The molecule has 2 aromatic heterocycles. The van der Waals surface area contributed by atoms with Crippen LogP contribution in [0.2, 0.25) is 0 Å². The molecule has 0 aliphatic rings. The molecule has 0 saturated carbocycles. The minimum atomic E-state index is 0.121. The van der Waals surface area contributed by atoms with Crippen molar-refractivity contribution >= 4 is 28.5 Å². The Morgan fingerprint density at radius 1 is 1.03 bits per heavy atom. The number of rotatable bonds is 10. The first kappa shape index (κ1) is 21.4. The van der Waals surface area contributed by atoms with E-state index in [0.717, 1.165) is 53.0 Å². The molecule has 5 N–H and O–H groups in total. The molecular weight excluding hydrogens is 380 g/mol. The van der Waals surface area contributed by atoms with Gasteiger partial charge in [0, 0.05) is 18.8 Å². The average molecular weight is 411 g/mol. The summed E-state index contributed by atoms with van der Waals surface area (Å²) < 4.78 is 11.8. The largest absolute Gasteiger partial charge is 0.494 e. The zero-order chi connectivity index (χ0) is 21.5. The third-order valence-electron chi connectivity index (χ3n) is 4.78. The third-order valence-corrected chi connectivity index (χ3v) is 4.78. The summed E-state index contributed by atoms with van der Waals surface area (Å²) in [4.78, 5) is 12.6. The first-order valence-corrected chi connectivity index (χ1v) is 10.3. The highest BCUT2D eigenvalue weighted by Gasteiger charge is 2.12. The lowest BCUT2D eigenvalue weighted by molar-refractivity contribution is 0.305. The topological polar surface area (TPSA) is 121 Å². The number of benzene rings is 1. The van der Waals surface area contributed by atoms with Crippen molar-refractivity contribution in [1.82, 2.24) is 15.0 Å². The fourth-order valence-corrected chi connectivity index (χ4v) is 3.11. The van der Waals surface area contributed by atoms with Gasteiger partial charge in [0.1, 0.15) is 17.3 Å². The van der Waals surface area contributed by atoms with Gasteiger partial charge in [0.05, 0.1) is 24.3 Å². The van der Waals surface area contributed by atoms with Crippen LogP contribution in [0.4, 0.5) is 17.5 Å². The number of anilines is 3. The number of aromatic nitrogens is 3. The van der Waals surface area contributed by atoms with Crippen LogP contribution >= 0.6 is 0 Å². The van der Waals surface area contributed by atoms with Crippen LogP contribution in [-0.4, -0.2) is 28.2 Å². The summed E-state index contributed by atoms with van der Waals surface area (Å²) in [6.45, 7) is 8.09. The zero-order valence-corrected chi connectivity index (χ0v) is 17.9. The Hall–Kier alpha value is -3.29. The number of nitrogens with two attached hydrogens (primary N) is 2. The summed E-state index contributed by atoms with van der Waals surface area (Å²) in [6, 6.07) is 5.86. The predicted molar refractivity (Wildman–Crippen MR) is 121 cm³/mol. The highest BCUT2D eigenvalue weighted by Crippen LogP contribution is 2.31. The first-order chi connectivity index (χ1) is 14.5. The number of fused-ring (bicyclic) bond motifs is 1. The fourth-order valence-electron chi connectivity index (χ4n) is 3.11. The summed E-state index contributed by atoms with van der Waals surface area (Å²) in [5.74, 6) is 2.07. The van der Waals surface area contributed by atoms with E-state index in [-0.39, 0.29) is 5.95 Å². The van der Waals surface area contributed by atoms with E-state index >= 15 is 0 Å². The number of nitrogen functional groups attached to an aromatic ring is 2. The maximum atomic E-state index is 6.06. The summed E-state index contributed by atoms with van der Waals surface area (Å²) in [5, 5.41) is 4.18. The highest BCUT2D eigenvalue weighted by atomic mass is 16.5. The number of aryl methyl sites for hydroxylation is 1. The molecule has 30 heavy (non-hydrogen) atoms. The van der Waals surface area contributed by atoms with E-state index in [2.05, 4.69) is 34.1 Å². The molecule has 0 fully saturated rings. The van der Waals surface area contributed by atoms with Crippen molar-refractivity contribution in [2.75, 3.05) is 30.0 Å². The number of nitrogens with zero attached hydrogens (tertiary/aromatic N) is 3. The van der Waals surface area contributed by atoms with Gasteiger partial charge in [-0.25, -0.2) is 4.98 Å². The van der Waals surface area contributed by atoms with Gasteiger partial charge in [0.2, 0.25) is 5.95 Å². The summed E-state index contributed by atoms with van der Waals surface area (Å²) in [7, 11) is 0. The van der Waals surface area contributed by atoms with Crippen molar-refractivity contribution < 1.29 is 9.47 Å². The Balaban J connectivity index is 1.85. The van der Waals surface area contributed by atoms with E-state index in [0.29, 0.717) is 31.2 Å². The first-order valence-electron chi connectivity index (χ1n) is 10.3. The van der Waals surface area contributed by atoms with E-state index in [1.54, 1.807) is 6.20 Å². The average Bonchev–Trinajstić information content (AvgIpc) is 2.72. The quantitative estimate of drug-likeness (QED) is 0.428. The van der Waals surface area contributed by atoms with E-state index in [1.807, 2.05) is 25.1 Å². The van der Waals surface area contributed by atoms with Crippen molar-refractivity contribution in [3.63, 3.8) is 0 Å². The normalized spacial score (nSPS) is 10.9. The molecule has 0 atom stereocenters. The maximum absolute atomic E-state index is 6.06. The van der Waals surface area contributed by atoms with E-state index < -0.39 is 0 Å². The minimum absolute atomic E-state index is 0.121. The van der Waals surface area contributed by atoms with Crippen LogP contribution in [0.1, 0.15) is 44.2 Å². The molecule has 1 aromatic carbocycles. The van der Waals surface area contributed by atoms with Gasteiger partial charge in [-0.3, -0.25) is 0 Å². The maximum Gasteiger partial charge on any atom is 0.224 e. The lowest BCUT2D eigenvalue weighted by atomic mass is 10.1. The van der Waals surface area contributed by atoms with Crippen LogP contribution < -0.4 is 26.3 Å². The Kier molecular flexibility index (Phi) is 7.11. The van der Waals surface area contributed by atoms with Crippen LogP contribution in [0, 0.1) is 6.92 Å². The van der Waals surface area contributed by atoms with E-state index in [1.165, 1.54) is 0 Å². The highest BCUT2D eigenvalue weighted by molar-refractivity contribution is 5.90. The Morgan fingerprint density at radius 2 is 1.87 bits per heavy atom. The number of pyridine rings is 1. The minimum Gasteiger partial charge on any atom is -0.494 e. The van der Waals surface area contributed by atoms with Crippen LogP contribution in [0.25, 0.3) is 11.0 Å². The Bertz CT molecular complexity index is 1010. The molecule has 3 aromatic rings. The molecular formula is C22H30N6O2. The number of hydrogen-bond donors (Lipinski definition) is 3.